The Labute approximate surface area is 91.0 Å². The first-order chi connectivity index (χ1) is 7.04. The van der Waals surface area contributed by atoms with Crippen LogP contribution in [0.1, 0.15) is 30.5 Å². The number of rotatable bonds is 4. The van der Waals surface area contributed by atoms with Gasteiger partial charge < -0.3 is 5.32 Å². The van der Waals surface area contributed by atoms with Crippen LogP contribution in [0.15, 0.2) is 30.4 Å². The molecule has 1 unspecified atom stereocenters. The van der Waals surface area contributed by atoms with E-state index in [1.165, 1.54) is 6.07 Å². The van der Waals surface area contributed by atoms with Gasteiger partial charge in [-0.3, -0.25) is 0 Å². The Hall–Kier alpha value is -1.15. The second kappa shape index (κ2) is 5.08. The Kier molecular flexibility index (Phi) is 4.04. The summed E-state index contributed by atoms with van der Waals surface area (Å²) in [5, 5.41) is 3.19. The zero-order valence-corrected chi connectivity index (χ0v) is 9.60. The Morgan fingerprint density at radius 1 is 1.53 bits per heavy atom. The lowest BCUT2D eigenvalue weighted by molar-refractivity contribution is 0.572. The molecule has 1 N–H and O–H groups in total. The molecule has 0 saturated carbocycles. The van der Waals surface area contributed by atoms with Gasteiger partial charge in [-0.15, -0.1) is 6.58 Å². The summed E-state index contributed by atoms with van der Waals surface area (Å²) in [6.07, 6.45) is 0.834. The van der Waals surface area contributed by atoms with Crippen LogP contribution in [0.5, 0.6) is 0 Å². The minimum Gasteiger partial charge on any atom is -0.313 e. The van der Waals surface area contributed by atoms with E-state index in [2.05, 4.69) is 11.9 Å². The van der Waals surface area contributed by atoms with Crippen LogP contribution in [0.3, 0.4) is 0 Å². The summed E-state index contributed by atoms with van der Waals surface area (Å²) in [5.74, 6) is -0.183. The Bertz CT molecular complexity index is 358. The van der Waals surface area contributed by atoms with Gasteiger partial charge in [0.25, 0.3) is 0 Å². The standard InChI is InChI=1S/C13H18FN/c1-9(2)7-13(15-4)12-8-11(14)6-5-10(12)3/h5-6,8,13,15H,1,7H2,2-4H3. The van der Waals surface area contributed by atoms with E-state index >= 15 is 0 Å². The molecule has 1 nitrogen and oxygen atoms in total. The van der Waals surface area contributed by atoms with Crippen LogP contribution < -0.4 is 5.32 Å². The highest BCUT2D eigenvalue weighted by molar-refractivity contribution is 5.30. The fraction of sp³-hybridized carbons (Fsp3) is 0.385. The SMILES string of the molecule is C=C(C)CC(NC)c1cc(F)ccc1C. The smallest absolute Gasteiger partial charge is 0.123 e. The highest BCUT2D eigenvalue weighted by Gasteiger charge is 2.12. The van der Waals surface area contributed by atoms with Crippen molar-refractivity contribution in [1.82, 2.24) is 5.32 Å². The lowest BCUT2D eigenvalue weighted by atomic mass is 9.96. The van der Waals surface area contributed by atoms with Crippen LogP contribution in [0.25, 0.3) is 0 Å². The molecule has 0 amide bonds. The molecular formula is C13H18FN. The zero-order valence-electron chi connectivity index (χ0n) is 9.60. The van der Waals surface area contributed by atoms with Gasteiger partial charge in [0.05, 0.1) is 0 Å². The van der Waals surface area contributed by atoms with Crippen molar-refractivity contribution in [1.29, 1.82) is 0 Å². The molecule has 0 fully saturated rings. The highest BCUT2D eigenvalue weighted by Crippen LogP contribution is 2.23. The normalized spacial score (nSPS) is 12.5. The largest absolute Gasteiger partial charge is 0.313 e. The van der Waals surface area contributed by atoms with Gasteiger partial charge in [0.15, 0.2) is 0 Å². The first-order valence-electron chi connectivity index (χ1n) is 5.12. The second-order valence-corrected chi connectivity index (χ2v) is 4.00. The Balaban J connectivity index is 3.00. The van der Waals surface area contributed by atoms with Crippen LogP contribution in [0.4, 0.5) is 4.39 Å². The third-order valence-corrected chi connectivity index (χ3v) is 2.52. The third-order valence-electron chi connectivity index (χ3n) is 2.52. The van der Waals surface area contributed by atoms with Crippen molar-refractivity contribution in [3.8, 4) is 0 Å². The average molecular weight is 207 g/mol. The monoisotopic (exact) mass is 207 g/mol. The summed E-state index contributed by atoms with van der Waals surface area (Å²) in [5.41, 5.74) is 3.22. The Morgan fingerprint density at radius 3 is 2.73 bits per heavy atom. The fourth-order valence-corrected chi connectivity index (χ4v) is 1.70. The van der Waals surface area contributed by atoms with E-state index in [-0.39, 0.29) is 11.9 Å². The van der Waals surface area contributed by atoms with Crippen molar-refractivity contribution < 1.29 is 4.39 Å². The predicted molar refractivity (Wildman–Crippen MR) is 62.4 cm³/mol. The maximum Gasteiger partial charge on any atom is 0.123 e. The molecule has 0 radical (unpaired) electrons. The molecule has 0 saturated heterocycles. The van der Waals surface area contributed by atoms with Crippen molar-refractivity contribution in [2.75, 3.05) is 7.05 Å². The maximum absolute atomic E-state index is 13.1. The molecule has 0 aliphatic rings. The number of hydrogen-bond acceptors (Lipinski definition) is 1. The van der Waals surface area contributed by atoms with Crippen LogP contribution in [0, 0.1) is 12.7 Å². The van der Waals surface area contributed by atoms with Gasteiger partial charge in [0.1, 0.15) is 5.82 Å². The first-order valence-corrected chi connectivity index (χ1v) is 5.12. The molecular weight excluding hydrogens is 189 g/mol. The second-order valence-electron chi connectivity index (χ2n) is 4.00. The molecule has 1 rings (SSSR count). The highest BCUT2D eigenvalue weighted by atomic mass is 19.1. The van der Waals surface area contributed by atoms with Crippen molar-refractivity contribution in [2.24, 2.45) is 0 Å². The average Bonchev–Trinajstić information content (AvgIpc) is 2.18. The summed E-state index contributed by atoms with van der Waals surface area (Å²) in [6, 6.07) is 5.05. The molecule has 1 atom stereocenters. The molecule has 1 aromatic rings. The van der Waals surface area contributed by atoms with E-state index in [1.54, 1.807) is 6.07 Å². The molecule has 0 aliphatic carbocycles. The van der Waals surface area contributed by atoms with Gasteiger partial charge in [-0.2, -0.15) is 0 Å². The van der Waals surface area contributed by atoms with E-state index in [4.69, 9.17) is 0 Å². The van der Waals surface area contributed by atoms with Gasteiger partial charge >= 0.3 is 0 Å². The molecule has 0 bridgehead atoms. The van der Waals surface area contributed by atoms with Gasteiger partial charge in [-0.1, -0.05) is 11.6 Å². The van der Waals surface area contributed by atoms with Crippen molar-refractivity contribution in [2.45, 2.75) is 26.3 Å². The molecule has 15 heavy (non-hydrogen) atoms. The van der Waals surface area contributed by atoms with Crippen LogP contribution in [-0.2, 0) is 0 Å². The molecule has 0 aromatic heterocycles. The van der Waals surface area contributed by atoms with Crippen molar-refractivity contribution in [3.05, 3.63) is 47.3 Å². The quantitative estimate of drug-likeness (QED) is 0.746. The number of hydrogen-bond donors (Lipinski definition) is 1. The van der Waals surface area contributed by atoms with Crippen LogP contribution in [-0.4, -0.2) is 7.05 Å². The maximum atomic E-state index is 13.1. The number of benzene rings is 1. The topological polar surface area (TPSA) is 12.0 Å². The fourth-order valence-electron chi connectivity index (χ4n) is 1.70. The third kappa shape index (κ3) is 3.17. The molecule has 1 aromatic carbocycles. The predicted octanol–water partition coefficient (Wildman–Crippen LogP) is 3.36. The minimum absolute atomic E-state index is 0.151. The summed E-state index contributed by atoms with van der Waals surface area (Å²) in [6.45, 7) is 7.87. The van der Waals surface area contributed by atoms with E-state index in [0.717, 1.165) is 23.1 Å². The van der Waals surface area contributed by atoms with Gasteiger partial charge in [-0.25, -0.2) is 4.39 Å². The zero-order chi connectivity index (χ0) is 11.4. The van der Waals surface area contributed by atoms with Gasteiger partial charge in [0, 0.05) is 6.04 Å². The van der Waals surface area contributed by atoms with Crippen molar-refractivity contribution in [3.63, 3.8) is 0 Å². The number of nitrogens with one attached hydrogen (secondary N) is 1. The Morgan fingerprint density at radius 2 is 2.20 bits per heavy atom. The van der Waals surface area contributed by atoms with E-state index in [9.17, 15) is 4.39 Å². The summed E-state index contributed by atoms with van der Waals surface area (Å²) in [7, 11) is 1.89. The first kappa shape index (κ1) is 11.9. The molecule has 82 valence electrons. The van der Waals surface area contributed by atoms with E-state index < -0.39 is 0 Å². The van der Waals surface area contributed by atoms with Gasteiger partial charge in [0.2, 0.25) is 0 Å². The van der Waals surface area contributed by atoms with Gasteiger partial charge in [-0.05, 0) is 50.6 Å². The number of halogens is 1. The molecule has 0 spiro atoms. The molecule has 0 heterocycles. The number of aryl methyl sites for hydroxylation is 1. The van der Waals surface area contributed by atoms with E-state index in [1.807, 2.05) is 27.0 Å². The molecule has 0 aliphatic heterocycles. The summed E-state index contributed by atoms with van der Waals surface area (Å²) >= 11 is 0. The van der Waals surface area contributed by atoms with Crippen LogP contribution >= 0.6 is 0 Å². The minimum atomic E-state index is -0.183. The lowest BCUT2D eigenvalue weighted by Gasteiger charge is -2.19. The lowest BCUT2D eigenvalue weighted by Crippen LogP contribution is -2.17. The summed E-state index contributed by atoms with van der Waals surface area (Å²) < 4.78 is 13.1. The van der Waals surface area contributed by atoms with Crippen molar-refractivity contribution >= 4 is 0 Å². The molecule has 2 heteroatoms. The van der Waals surface area contributed by atoms with E-state index in [0.29, 0.717) is 0 Å². The summed E-state index contributed by atoms with van der Waals surface area (Å²) in [4.78, 5) is 0. The van der Waals surface area contributed by atoms with Crippen LogP contribution in [0.2, 0.25) is 0 Å².